The molecule has 7 heteroatoms. The third-order valence-corrected chi connectivity index (χ3v) is 7.86. The Labute approximate surface area is 213 Å². The zero-order chi connectivity index (χ0) is 24.6. The van der Waals surface area contributed by atoms with Crippen LogP contribution in [0.5, 0.6) is 5.75 Å². The minimum atomic E-state index is -0.493. The van der Waals surface area contributed by atoms with Crippen molar-refractivity contribution in [1.82, 2.24) is 9.80 Å². The molecular formula is C28H38N2O4S. The third kappa shape index (κ3) is 7.17. The number of fused-ring (bicyclic) bond motifs is 1. The van der Waals surface area contributed by atoms with Gasteiger partial charge in [0.05, 0.1) is 24.8 Å². The number of rotatable bonds is 12. The Kier molecular flexibility index (Phi) is 9.38. The highest BCUT2D eigenvalue weighted by Crippen LogP contribution is 2.34. The van der Waals surface area contributed by atoms with Gasteiger partial charge in [-0.3, -0.25) is 9.69 Å². The molecule has 0 radical (unpaired) electrons. The largest absolute Gasteiger partial charge is 0.491 e. The summed E-state index contributed by atoms with van der Waals surface area (Å²) < 4.78 is 12.0. The molecule has 0 spiro atoms. The highest BCUT2D eigenvalue weighted by molar-refractivity contribution is 7.10. The monoisotopic (exact) mass is 498 g/mol. The van der Waals surface area contributed by atoms with E-state index in [0.717, 1.165) is 38.0 Å². The van der Waals surface area contributed by atoms with Crippen molar-refractivity contribution >= 4 is 17.2 Å². The summed E-state index contributed by atoms with van der Waals surface area (Å²) in [6, 6.07) is 10.0. The van der Waals surface area contributed by atoms with E-state index in [0.29, 0.717) is 32.7 Å². The van der Waals surface area contributed by atoms with Gasteiger partial charge in [-0.25, -0.2) is 0 Å². The van der Waals surface area contributed by atoms with Crippen molar-refractivity contribution in [3.63, 3.8) is 0 Å². The van der Waals surface area contributed by atoms with E-state index in [9.17, 15) is 9.90 Å². The van der Waals surface area contributed by atoms with E-state index in [2.05, 4.69) is 29.8 Å². The number of carbonyl (C=O) groups excluding carboxylic acids is 1. The summed E-state index contributed by atoms with van der Waals surface area (Å²) in [5, 5.41) is 12.7. The molecule has 2 aliphatic heterocycles. The van der Waals surface area contributed by atoms with E-state index in [-0.39, 0.29) is 24.6 Å². The second kappa shape index (κ2) is 12.7. The smallest absolute Gasteiger partial charge is 0.237 e. The molecule has 0 bridgehead atoms. The molecular weight excluding hydrogens is 460 g/mol. The van der Waals surface area contributed by atoms with Gasteiger partial charge < -0.3 is 19.5 Å². The molecule has 1 saturated heterocycles. The summed E-state index contributed by atoms with van der Waals surface area (Å²) in [7, 11) is 0. The Bertz CT molecular complexity index is 954. The topological polar surface area (TPSA) is 62.2 Å². The van der Waals surface area contributed by atoms with Crippen LogP contribution in [0.4, 0.5) is 0 Å². The summed E-state index contributed by atoms with van der Waals surface area (Å²) in [4.78, 5) is 19.1. The van der Waals surface area contributed by atoms with Crippen LogP contribution in [0.1, 0.15) is 47.7 Å². The van der Waals surface area contributed by atoms with Crippen LogP contribution in [0, 0.1) is 6.92 Å². The van der Waals surface area contributed by atoms with Gasteiger partial charge in [0.2, 0.25) is 5.91 Å². The van der Waals surface area contributed by atoms with Crippen LogP contribution in [0.15, 0.2) is 48.4 Å². The second-order valence-electron chi connectivity index (χ2n) is 9.63. The predicted octanol–water partition coefficient (Wildman–Crippen LogP) is 4.37. The number of thiophene rings is 1. The Balaban J connectivity index is 1.45. The molecule has 1 aromatic carbocycles. The van der Waals surface area contributed by atoms with Crippen LogP contribution in [0.25, 0.3) is 0 Å². The van der Waals surface area contributed by atoms with Gasteiger partial charge >= 0.3 is 0 Å². The third-order valence-electron chi connectivity index (χ3n) is 6.86. The van der Waals surface area contributed by atoms with Gasteiger partial charge in [0.25, 0.3) is 0 Å². The number of ether oxygens (including phenoxy) is 2. The van der Waals surface area contributed by atoms with Crippen molar-refractivity contribution < 1.29 is 19.4 Å². The van der Waals surface area contributed by atoms with Gasteiger partial charge in [-0.15, -0.1) is 17.9 Å². The summed E-state index contributed by atoms with van der Waals surface area (Å²) in [5.41, 5.74) is 2.38. The van der Waals surface area contributed by atoms with Crippen molar-refractivity contribution in [1.29, 1.82) is 0 Å². The van der Waals surface area contributed by atoms with Crippen LogP contribution >= 0.6 is 11.3 Å². The quantitative estimate of drug-likeness (QED) is 0.441. The minimum Gasteiger partial charge on any atom is -0.491 e. The fraction of sp³-hybridized carbons (Fsp3) is 0.536. The lowest BCUT2D eigenvalue weighted by atomic mass is 10.00. The first kappa shape index (κ1) is 25.9. The maximum absolute atomic E-state index is 13.7. The lowest BCUT2D eigenvalue weighted by molar-refractivity contribution is -0.136. The maximum Gasteiger partial charge on any atom is 0.237 e. The number of benzene rings is 1. The number of nitrogens with zero attached hydrogens (tertiary/aromatic N) is 2. The normalized spacial score (nSPS) is 20.6. The number of carbonyl (C=O) groups is 1. The van der Waals surface area contributed by atoms with Crippen molar-refractivity contribution in [3.8, 4) is 5.75 Å². The standard InChI is InChI=1S/C28H38N2O4S/c1-3-4-6-22(31)17-29(18-24-7-5-15-33-24)19-28(32)30-14-12-27-25(13-16-35-27)26(30)20-34-23-10-8-21(2)9-11-23/h3,8-11,13,16,22,24,26,31H,1,4-7,12,14-15,17-20H2,2H3/t22-,24-,26-/m0/s1. The molecule has 0 saturated carbocycles. The molecule has 190 valence electrons. The van der Waals surface area contributed by atoms with Gasteiger partial charge in [0, 0.05) is 31.1 Å². The zero-order valence-electron chi connectivity index (χ0n) is 20.7. The van der Waals surface area contributed by atoms with Crippen LogP contribution in [-0.4, -0.2) is 72.4 Å². The van der Waals surface area contributed by atoms with Crippen LogP contribution < -0.4 is 4.74 Å². The van der Waals surface area contributed by atoms with E-state index in [1.807, 2.05) is 35.2 Å². The van der Waals surface area contributed by atoms with Crippen molar-refractivity contribution in [2.24, 2.45) is 0 Å². The summed E-state index contributed by atoms with van der Waals surface area (Å²) in [6.45, 7) is 9.08. The molecule has 1 aromatic heterocycles. The molecule has 2 aromatic rings. The van der Waals surface area contributed by atoms with Gasteiger partial charge in [-0.2, -0.15) is 0 Å². The average molecular weight is 499 g/mol. The first-order valence-electron chi connectivity index (χ1n) is 12.7. The van der Waals surface area contributed by atoms with Crippen molar-refractivity contribution in [2.45, 2.75) is 57.3 Å². The molecule has 3 atom stereocenters. The number of allylic oxidation sites excluding steroid dienone is 1. The zero-order valence-corrected chi connectivity index (χ0v) is 21.5. The number of aryl methyl sites for hydroxylation is 1. The lowest BCUT2D eigenvalue weighted by Gasteiger charge is -2.37. The number of hydrogen-bond acceptors (Lipinski definition) is 6. The minimum absolute atomic E-state index is 0.0771. The Hall–Kier alpha value is -2.19. The fourth-order valence-corrected chi connectivity index (χ4v) is 5.87. The Morgan fingerprint density at radius 2 is 2.20 bits per heavy atom. The molecule has 2 aliphatic rings. The Morgan fingerprint density at radius 1 is 1.37 bits per heavy atom. The highest BCUT2D eigenvalue weighted by Gasteiger charge is 2.33. The molecule has 6 nitrogen and oxygen atoms in total. The van der Waals surface area contributed by atoms with Gasteiger partial charge in [-0.1, -0.05) is 23.8 Å². The number of amides is 1. The van der Waals surface area contributed by atoms with E-state index < -0.39 is 6.10 Å². The Morgan fingerprint density at radius 3 is 2.94 bits per heavy atom. The molecule has 1 fully saturated rings. The molecule has 3 heterocycles. The molecule has 1 N–H and O–H groups in total. The van der Waals surface area contributed by atoms with E-state index in [4.69, 9.17) is 9.47 Å². The molecule has 1 amide bonds. The average Bonchev–Trinajstić information content (AvgIpc) is 3.54. The molecule has 0 unspecified atom stereocenters. The van der Waals surface area contributed by atoms with E-state index in [1.165, 1.54) is 16.0 Å². The number of aliphatic hydroxyl groups is 1. The van der Waals surface area contributed by atoms with Crippen LogP contribution in [-0.2, 0) is 16.0 Å². The molecule has 0 aliphatic carbocycles. The highest BCUT2D eigenvalue weighted by atomic mass is 32.1. The van der Waals surface area contributed by atoms with Crippen molar-refractivity contribution in [3.05, 3.63) is 64.4 Å². The first-order chi connectivity index (χ1) is 17.0. The number of hydrogen-bond donors (Lipinski definition) is 1. The van der Waals surface area contributed by atoms with Crippen molar-refractivity contribution in [2.75, 3.05) is 39.4 Å². The van der Waals surface area contributed by atoms with E-state index in [1.54, 1.807) is 11.3 Å². The van der Waals surface area contributed by atoms with Crippen LogP contribution in [0.2, 0.25) is 0 Å². The van der Waals surface area contributed by atoms with Crippen LogP contribution in [0.3, 0.4) is 0 Å². The SMILES string of the molecule is C=CCC[C@H](O)CN(CC(=O)N1CCc2sccc2[C@@H]1COc1ccc(C)cc1)C[C@@H]1CCCO1. The molecule has 35 heavy (non-hydrogen) atoms. The fourth-order valence-electron chi connectivity index (χ4n) is 4.95. The van der Waals surface area contributed by atoms with E-state index >= 15 is 0 Å². The second-order valence-corrected chi connectivity index (χ2v) is 10.6. The van der Waals surface area contributed by atoms with Gasteiger partial charge in [0.1, 0.15) is 12.4 Å². The predicted molar refractivity (Wildman–Crippen MR) is 140 cm³/mol. The number of aliphatic hydroxyl groups excluding tert-OH is 1. The summed E-state index contributed by atoms with van der Waals surface area (Å²) in [5.74, 6) is 0.893. The summed E-state index contributed by atoms with van der Waals surface area (Å²) in [6.07, 6.45) is 5.78. The first-order valence-corrected chi connectivity index (χ1v) is 13.6. The van der Waals surface area contributed by atoms with Gasteiger partial charge in [0.15, 0.2) is 0 Å². The molecule has 4 rings (SSSR count). The maximum atomic E-state index is 13.7. The van der Waals surface area contributed by atoms with Gasteiger partial charge in [-0.05, 0) is 68.2 Å². The summed E-state index contributed by atoms with van der Waals surface area (Å²) >= 11 is 1.76. The lowest BCUT2D eigenvalue weighted by Crippen LogP contribution is -2.49.